The van der Waals surface area contributed by atoms with Gasteiger partial charge in [-0.3, -0.25) is 4.79 Å². The fourth-order valence-electron chi connectivity index (χ4n) is 2.75. The normalized spacial score (nSPS) is 12.4. The lowest BCUT2D eigenvalue weighted by atomic mass is 9.98. The number of hydrogen-bond donors (Lipinski definition) is 2. The van der Waals surface area contributed by atoms with Gasteiger partial charge in [0.05, 0.1) is 11.4 Å². The highest BCUT2D eigenvalue weighted by Gasteiger charge is 2.18. The van der Waals surface area contributed by atoms with Crippen LogP contribution in [0.25, 0.3) is 22.0 Å². The predicted molar refractivity (Wildman–Crippen MR) is 89.1 cm³/mol. The first-order valence-electron chi connectivity index (χ1n) is 7.22. The lowest BCUT2D eigenvalue weighted by Crippen LogP contribution is -2.15. The molecule has 0 amide bonds. The molecule has 0 saturated carbocycles. The third-order valence-corrected chi connectivity index (χ3v) is 4.44. The van der Waals surface area contributed by atoms with Crippen LogP contribution in [-0.2, 0) is 11.2 Å². The summed E-state index contributed by atoms with van der Waals surface area (Å²) in [6.45, 7) is 0. The highest BCUT2D eigenvalue weighted by molar-refractivity contribution is 6.10. The quantitative estimate of drug-likeness (QED) is 0.707. The van der Waals surface area contributed by atoms with Crippen LogP contribution in [0, 0.1) is 5.92 Å². The van der Waals surface area contributed by atoms with Crippen LogP contribution in [-0.4, -0.2) is 26.3 Å². The van der Waals surface area contributed by atoms with Crippen LogP contribution in [0.15, 0.2) is 54.7 Å². The van der Waals surface area contributed by atoms with Crippen LogP contribution in [0.3, 0.4) is 0 Å². The van der Waals surface area contributed by atoms with Crippen molar-refractivity contribution in [2.75, 3.05) is 0 Å². The molecule has 0 saturated heterocycles. The molecule has 0 spiro atoms. The van der Waals surface area contributed by atoms with Gasteiger partial charge in [-0.25, -0.2) is 0 Å². The molecular formula is C18H16NO2Si. The van der Waals surface area contributed by atoms with E-state index < -0.39 is 11.9 Å². The Morgan fingerprint density at radius 1 is 1.14 bits per heavy atom. The first kappa shape index (κ1) is 14.6. The van der Waals surface area contributed by atoms with Gasteiger partial charge in [-0.05, 0) is 17.5 Å². The van der Waals surface area contributed by atoms with Crippen LogP contribution in [0.2, 0.25) is 6.04 Å². The zero-order chi connectivity index (χ0) is 15.5. The molecule has 4 heteroatoms. The molecule has 22 heavy (non-hydrogen) atoms. The summed E-state index contributed by atoms with van der Waals surface area (Å²) >= 11 is 0. The predicted octanol–water partition coefficient (Wildman–Crippen LogP) is 3.67. The molecule has 109 valence electrons. The minimum absolute atomic E-state index is 0.420. The number of aliphatic carboxylic acids is 1. The zero-order valence-corrected chi connectivity index (χ0v) is 13.0. The Balaban J connectivity index is 2.04. The largest absolute Gasteiger partial charge is 0.481 e. The Bertz CT molecular complexity index is 795. The molecule has 0 aliphatic heterocycles. The molecule has 0 fully saturated rings. The topological polar surface area (TPSA) is 53.1 Å². The third kappa shape index (κ3) is 2.70. The molecule has 3 aromatic rings. The van der Waals surface area contributed by atoms with Crippen molar-refractivity contribution in [2.24, 2.45) is 5.92 Å². The Hall–Kier alpha value is -2.33. The number of benzene rings is 2. The molecule has 1 atom stereocenters. The average molecular weight is 306 g/mol. The van der Waals surface area contributed by atoms with Gasteiger partial charge in [0.1, 0.15) is 0 Å². The smallest absolute Gasteiger partial charge is 0.306 e. The van der Waals surface area contributed by atoms with Gasteiger partial charge in [-0.1, -0.05) is 54.6 Å². The van der Waals surface area contributed by atoms with Crippen LogP contribution < -0.4 is 0 Å². The molecule has 3 rings (SSSR count). The second kappa shape index (κ2) is 6.20. The van der Waals surface area contributed by atoms with Crippen molar-refractivity contribution < 1.29 is 9.90 Å². The SMILES string of the molecule is O=C(O)[C@@H](C[Si])Cc1c[nH]c2c(-c3ccccc3)cccc12. The lowest BCUT2D eigenvalue weighted by Gasteiger charge is -2.09. The fourth-order valence-corrected chi connectivity index (χ4v) is 3.07. The van der Waals surface area contributed by atoms with Gasteiger partial charge in [0.25, 0.3) is 0 Å². The summed E-state index contributed by atoms with van der Waals surface area (Å²) in [6, 6.07) is 16.8. The van der Waals surface area contributed by atoms with Crippen molar-refractivity contribution in [3.63, 3.8) is 0 Å². The number of aromatic nitrogens is 1. The summed E-state index contributed by atoms with van der Waals surface area (Å²) in [5, 5.41) is 10.3. The molecule has 0 unspecified atom stereocenters. The van der Waals surface area contributed by atoms with E-state index >= 15 is 0 Å². The number of aromatic amines is 1. The summed E-state index contributed by atoms with van der Waals surface area (Å²) in [5.74, 6) is -1.19. The standard InChI is InChI=1S/C18H16NO2Si/c20-18(21)14(11-22)9-13-10-19-17-15(7-4-8-16(13)17)12-5-2-1-3-6-12/h1-8,10,14,19H,9,11H2,(H,20,21)/t14-/m1/s1. The molecule has 1 aromatic heterocycles. The maximum atomic E-state index is 11.2. The van der Waals surface area contributed by atoms with Crippen molar-refractivity contribution >= 4 is 27.1 Å². The van der Waals surface area contributed by atoms with Crippen LogP contribution in [0.4, 0.5) is 0 Å². The van der Waals surface area contributed by atoms with Gasteiger partial charge in [0.2, 0.25) is 0 Å². The number of rotatable bonds is 5. The van der Waals surface area contributed by atoms with Crippen molar-refractivity contribution in [1.82, 2.24) is 4.98 Å². The zero-order valence-electron chi connectivity index (χ0n) is 12.0. The maximum Gasteiger partial charge on any atom is 0.306 e. The summed E-state index contributed by atoms with van der Waals surface area (Å²) in [4.78, 5) is 14.6. The summed E-state index contributed by atoms with van der Waals surface area (Å²) in [7, 11) is 3.34. The third-order valence-electron chi connectivity index (χ3n) is 3.95. The van der Waals surface area contributed by atoms with Gasteiger partial charge in [0, 0.05) is 27.4 Å². The average Bonchev–Trinajstić information content (AvgIpc) is 2.96. The van der Waals surface area contributed by atoms with Crippen LogP contribution in [0.1, 0.15) is 5.56 Å². The van der Waals surface area contributed by atoms with E-state index in [2.05, 4.69) is 33.4 Å². The molecule has 3 radical (unpaired) electrons. The van der Waals surface area contributed by atoms with Crippen molar-refractivity contribution in [3.8, 4) is 11.1 Å². The molecular weight excluding hydrogens is 290 g/mol. The molecule has 0 aliphatic carbocycles. The number of carbonyl (C=O) groups is 1. The maximum absolute atomic E-state index is 11.2. The Morgan fingerprint density at radius 2 is 1.91 bits per heavy atom. The van der Waals surface area contributed by atoms with E-state index in [9.17, 15) is 9.90 Å². The number of H-pyrrole nitrogens is 1. The summed E-state index contributed by atoms with van der Waals surface area (Å²) in [5.41, 5.74) is 4.38. The highest BCUT2D eigenvalue weighted by atomic mass is 28.1. The van der Waals surface area contributed by atoms with Crippen LogP contribution >= 0.6 is 0 Å². The van der Waals surface area contributed by atoms with Gasteiger partial charge in [-0.2, -0.15) is 0 Å². The highest BCUT2D eigenvalue weighted by Crippen LogP contribution is 2.30. The van der Waals surface area contributed by atoms with Crippen molar-refractivity contribution in [1.29, 1.82) is 0 Å². The number of carboxylic acid groups (broad SMARTS) is 1. The molecule has 3 nitrogen and oxygen atoms in total. The van der Waals surface area contributed by atoms with Crippen LogP contribution in [0.5, 0.6) is 0 Å². The van der Waals surface area contributed by atoms with Gasteiger partial charge >= 0.3 is 5.97 Å². The molecule has 1 heterocycles. The Kier molecular flexibility index (Phi) is 4.11. The Labute approximate surface area is 132 Å². The van der Waals surface area contributed by atoms with Crippen molar-refractivity contribution in [2.45, 2.75) is 12.5 Å². The van der Waals surface area contributed by atoms with E-state index in [1.54, 1.807) is 0 Å². The van der Waals surface area contributed by atoms with E-state index in [0.29, 0.717) is 12.5 Å². The number of fused-ring (bicyclic) bond motifs is 1. The fraction of sp³-hybridized carbons (Fsp3) is 0.167. The number of para-hydroxylation sites is 1. The minimum atomic E-state index is -0.774. The van der Waals surface area contributed by atoms with E-state index in [1.165, 1.54) is 0 Å². The number of carboxylic acids is 1. The van der Waals surface area contributed by atoms with Gasteiger partial charge in [0.15, 0.2) is 0 Å². The minimum Gasteiger partial charge on any atom is -0.481 e. The second-order valence-corrected chi connectivity index (χ2v) is 5.76. The first-order valence-corrected chi connectivity index (χ1v) is 7.93. The van der Waals surface area contributed by atoms with E-state index in [4.69, 9.17) is 0 Å². The van der Waals surface area contributed by atoms with Gasteiger partial charge < -0.3 is 10.1 Å². The van der Waals surface area contributed by atoms with Crippen molar-refractivity contribution in [3.05, 3.63) is 60.3 Å². The number of nitrogens with one attached hydrogen (secondary N) is 1. The summed E-state index contributed by atoms with van der Waals surface area (Å²) in [6.07, 6.45) is 2.44. The van der Waals surface area contributed by atoms with E-state index in [1.807, 2.05) is 36.5 Å². The van der Waals surface area contributed by atoms with E-state index in [-0.39, 0.29) is 0 Å². The van der Waals surface area contributed by atoms with E-state index in [0.717, 1.165) is 27.6 Å². The molecule has 2 N–H and O–H groups in total. The molecule has 0 aliphatic rings. The summed E-state index contributed by atoms with van der Waals surface area (Å²) < 4.78 is 0. The molecule has 2 aromatic carbocycles. The Morgan fingerprint density at radius 3 is 2.59 bits per heavy atom. The lowest BCUT2D eigenvalue weighted by molar-refractivity contribution is -0.141. The first-order chi connectivity index (χ1) is 10.7. The second-order valence-electron chi connectivity index (χ2n) is 5.35. The molecule has 0 bridgehead atoms. The monoisotopic (exact) mass is 306 g/mol. The van der Waals surface area contributed by atoms with Gasteiger partial charge in [-0.15, -0.1) is 0 Å². The number of hydrogen-bond acceptors (Lipinski definition) is 1.